The van der Waals surface area contributed by atoms with E-state index in [0.29, 0.717) is 32.9 Å². The molecule has 1 amide bonds. The maximum absolute atomic E-state index is 12.6. The second-order valence-electron chi connectivity index (χ2n) is 5.19. The molecular formula is C18H16Cl2N4OS. The number of amides is 1. The van der Waals surface area contributed by atoms with Crippen LogP contribution in [0.2, 0.25) is 5.02 Å². The number of nitrogens with zero attached hydrogens (tertiary/aromatic N) is 2. The minimum absolute atomic E-state index is 0. The lowest BCUT2D eigenvalue weighted by Crippen LogP contribution is -2.13. The lowest BCUT2D eigenvalue weighted by atomic mass is 10.2. The second-order valence-corrected chi connectivity index (χ2v) is 6.60. The molecule has 5 nitrogen and oxygen atoms in total. The molecule has 3 N–H and O–H groups in total. The van der Waals surface area contributed by atoms with Gasteiger partial charge in [0.25, 0.3) is 5.91 Å². The van der Waals surface area contributed by atoms with Gasteiger partial charge in [0, 0.05) is 28.9 Å². The van der Waals surface area contributed by atoms with Gasteiger partial charge in [0.15, 0.2) is 0 Å². The monoisotopic (exact) mass is 406 g/mol. The Morgan fingerprint density at radius 2 is 1.88 bits per heavy atom. The molecule has 0 aliphatic rings. The van der Waals surface area contributed by atoms with Gasteiger partial charge in [-0.1, -0.05) is 11.6 Å². The number of hydrogen-bond donors (Lipinski definition) is 2. The fraction of sp³-hybridized carbons (Fsp3) is 0.0556. The molecule has 0 radical (unpaired) electrons. The van der Waals surface area contributed by atoms with Gasteiger partial charge in [-0.05, 0) is 54.1 Å². The van der Waals surface area contributed by atoms with Crippen molar-refractivity contribution in [1.82, 2.24) is 9.97 Å². The third kappa shape index (κ3) is 5.36. The largest absolute Gasteiger partial charge is 0.384 e. The molecule has 0 bridgehead atoms. The highest BCUT2D eigenvalue weighted by Gasteiger charge is 2.13. The van der Waals surface area contributed by atoms with Gasteiger partial charge in [0.1, 0.15) is 10.8 Å². The van der Waals surface area contributed by atoms with E-state index in [1.807, 2.05) is 12.1 Å². The maximum Gasteiger partial charge on any atom is 0.258 e. The molecule has 0 aliphatic heterocycles. The number of aromatic nitrogens is 2. The average molecular weight is 407 g/mol. The topological polar surface area (TPSA) is 80.9 Å². The number of thioether (sulfide) groups is 1. The number of nitrogen functional groups attached to an aromatic ring is 1. The Bertz CT molecular complexity index is 890. The quantitative estimate of drug-likeness (QED) is 0.601. The third-order valence-electron chi connectivity index (χ3n) is 3.34. The number of hydrogen-bond acceptors (Lipinski definition) is 5. The normalized spacial score (nSPS) is 10.0. The summed E-state index contributed by atoms with van der Waals surface area (Å²) in [5.74, 6) is 0.900. The molecule has 2 heterocycles. The van der Waals surface area contributed by atoms with E-state index in [4.69, 9.17) is 17.3 Å². The number of nitrogens with two attached hydrogens (primary N) is 1. The van der Waals surface area contributed by atoms with Crippen LogP contribution in [0.5, 0.6) is 0 Å². The number of nitrogens with one attached hydrogen (secondary N) is 1. The van der Waals surface area contributed by atoms with Crippen LogP contribution in [-0.4, -0.2) is 15.9 Å². The first-order valence-corrected chi connectivity index (χ1v) is 8.83. The summed E-state index contributed by atoms with van der Waals surface area (Å²) in [5.41, 5.74) is 7.91. The van der Waals surface area contributed by atoms with Crippen LogP contribution >= 0.6 is 35.8 Å². The van der Waals surface area contributed by atoms with Crippen LogP contribution in [0.15, 0.2) is 66.0 Å². The SMILES string of the molecule is Cl.Nc1cc(CSc2ncccc2C(=O)Nc2ccc(Cl)cc2)ccn1. The molecule has 0 spiro atoms. The van der Waals surface area contributed by atoms with E-state index in [1.165, 1.54) is 11.8 Å². The van der Waals surface area contributed by atoms with Crippen molar-refractivity contribution in [2.45, 2.75) is 10.8 Å². The van der Waals surface area contributed by atoms with Crippen LogP contribution in [0, 0.1) is 0 Å². The summed E-state index contributed by atoms with van der Waals surface area (Å²) in [6, 6.07) is 14.1. The fourth-order valence-electron chi connectivity index (χ4n) is 2.15. The predicted octanol–water partition coefficient (Wildman–Crippen LogP) is 4.68. The standard InChI is InChI=1S/C18H15ClN4OS.ClH/c19-13-3-5-14(6-4-13)23-17(24)15-2-1-8-22-18(15)25-11-12-7-9-21-16(20)10-12;/h1-10H,11H2,(H2,20,21)(H,23,24);1H. The highest BCUT2D eigenvalue weighted by Crippen LogP contribution is 2.25. The Balaban J connectivity index is 0.00000243. The highest BCUT2D eigenvalue weighted by molar-refractivity contribution is 7.98. The average Bonchev–Trinajstić information content (AvgIpc) is 2.62. The fourth-order valence-corrected chi connectivity index (χ4v) is 3.21. The van der Waals surface area contributed by atoms with Crippen LogP contribution in [0.1, 0.15) is 15.9 Å². The van der Waals surface area contributed by atoms with E-state index >= 15 is 0 Å². The lowest BCUT2D eigenvalue weighted by molar-refractivity contribution is 0.102. The van der Waals surface area contributed by atoms with Gasteiger partial charge in [-0.15, -0.1) is 24.2 Å². The van der Waals surface area contributed by atoms with Crippen molar-refractivity contribution >= 4 is 53.2 Å². The summed E-state index contributed by atoms with van der Waals surface area (Å²) in [4.78, 5) is 20.9. The van der Waals surface area contributed by atoms with Crippen molar-refractivity contribution in [3.63, 3.8) is 0 Å². The van der Waals surface area contributed by atoms with Crippen LogP contribution in [0.4, 0.5) is 11.5 Å². The highest BCUT2D eigenvalue weighted by atomic mass is 35.5. The number of pyridine rings is 2. The summed E-state index contributed by atoms with van der Waals surface area (Å²) in [5, 5.41) is 4.13. The van der Waals surface area contributed by atoms with E-state index in [1.54, 1.807) is 48.8 Å². The molecular weight excluding hydrogens is 391 g/mol. The maximum atomic E-state index is 12.6. The smallest absolute Gasteiger partial charge is 0.258 e. The molecule has 0 saturated heterocycles. The van der Waals surface area contributed by atoms with E-state index in [2.05, 4.69) is 15.3 Å². The third-order valence-corrected chi connectivity index (χ3v) is 4.67. The minimum atomic E-state index is -0.216. The summed E-state index contributed by atoms with van der Waals surface area (Å²) in [6.07, 6.45) is 3.33. The molecule has 1 aromatic carbocycles. The first kappa shape index (κ1) is 20.0. The number of halogens is 2. The van der Waals surface area contributed by atoms with Crippen molar-refractivity contribution in [2.24, 2.45) is 0 Å². The molecule has 26 heavy (non-hydrogen) atoms. The molecule has 0 saturated carbocycles. The van der Waals surface area contributed by atoms with Crippen molar-refractivity contribution in [3.05, 3.63) is 77.1 Å². The van der Waals surface area contributed by atoms with Gasteiger partial charge in [-0.3, -0.25) is 4.79 Å². The number of rotatable bonds is 5. The van der Waals surface area contributed by atoms with Crippen LogP contribution < -0.4 is 11.1 Å². The van der Waals surface area contributed by atoms with Gasteiger partial charge in [0.2, 0.25) is 0 Å². The zero-order valence-corrected chi connectivity index (χ0v) is 15.9. The van der Waals surface area contributed by atoms with Crippen LogP contribution in [0.25, 0.3) is 0 Å². The Labute approximate surface area is 166 Å². The van der Waals surface area contributed by atoms with Crippen molar-refractivity contribution < 1.29 is 4.79 Å². The van der Waals surface area contributed by atoms with Crippen LogP contribution in [0.3, 0.4) is 0 Å². The van der Waals surface area contributed by atoms with Gasteiger partial charge in [-0.25, -0.2) is 9.97 Å². The molecule has 0 atom stereocenters. The molecule has 2 aromatic heterocycles. The molecule has 3 aromatic rings. The summed E-state index contributed by atoms with van der Waals surface area (Å²) in [6.45, 7) is 0. The number of anilines is 2. The van der Waals surface area contributed by atoms with Gasteiger partial charge in [-0.2, -0.15) is 0 Å². The number of carbonyl (C=O) groups is 1. The zero-order valence-electron chi connectivity index (χ0n) is 13.6. The Morgan fingerprint density at radius 1 is 1.12 bits per heavy atom. The molecule has 0 unspecified atom stereocenters. The van der Waals surface area contributed by atoms with E-state index < -0.39 is 0 Å². The van der Waals surface area contributed by atoms with Crippen LogP contribution in [-0.2, 0) is 5.75 Å². The second kappa shape index (κ2) is 9.43. The van der Waals surface area contributed by atoms with E-state index in [0.717, 1.165) is 5.56 Å². The summed E-state index contributed by atoms with van der Waals surface area (Å²) >= 11 is 7.34. The van der Waals surface area contributed by atoms with Gasteiger partial charge in [0.05, 0.1) is 5.56 Å². The summed E-state index contributed by atoms with van der Waals surface area (Å²) in [7, 11) is 0. The van der Waals surface area contributed by atoms with Gasteiger partial charge < -0.3 is 11.1 Å². The summed E-state index contributed by atoms with van der Waals surface area (Å²) < 4.78 is 0. The van der Waals surface area contributed by atoms with Crippen molar-refractivity contribution in [2.75, 3.05) is 11.1 Å². The Hall–Kier alpha value is -2.28. The Kier molecular flexibility index (Phi) is 7.26. The minimum Gasteiger partial charge on any atom is -0.384 e. The van der Waals surface area contributed by atoms with Crippen molar-refractivity contribution in [1.29, 1.82) is 0 Å². The van der Waals surface area contributed by atoms with Gasteiger partial charge >= 0.3 is 0 Å². The van der Waals surface area contributed by atoms with Crippen molar-refractivity contribution in [3.8, 4) is 0 Å². The first-order chi connectivity index (χ1) is 12.1. The molecule has 3 rings (SSSR count). The zero-order chi connectivity index (χ0) is 17.6. The van der Waals surface area contributed by atoms with E-state index in [-0.39, 0.29) is 18.3 Å². The lowest BCUT2D eigenvalue weighted by Gasteiger charge is -2.09. The molecule has 0 aliphatic carbocycles. The first-order valence-electron chi connectivity index (χ1n) is 7.47. The predicted molar refractivity (Wildman–Crippen MR) is 109 cm³/mol. The molecule has 0 fully saturated rings. The number of carbonyl (C=O) groups excluding carboxylic acids is 1. The molecule has 134 valence electrons. The number of benzene rings is 1. The molecule has 8 heteroatoms. The Morgan fingerprint density at radius 3 is 2.62 bits per heavy atom. The van der Waals surface area contributed by atoms with E-state index in [9.17, 15) is 4.79 Å².